The summed E-state index contributed by atoms with van der Waals surface area (Å²) in [6.07, 6.45) is 0. The second kappa shape index (κ2) is 5.38. The van der Waals surface area contributed by atoms with Gasteiger partial charge in [0.25, 0.3) is 5.91 Å². The number of halogens is 1. The molecule has 5 heteroatoms. The van der Waals surface area contributed by atoms with E-state index in [1.54, 1.807) is 13.0 Å². The molecule has 84 valence electrons. The van der Waals surface area contributed by atoms with E-state index in [4.69, 9.17) is 21.6 Å². The predicted molar refractivity (Wildman–Crippen MR) is 60.7 cm³/mol. The number of hydrogen-bond donors (Lipinski definition) is 1. The van der Waals surface area contributed by atoms with Gasteiger partial charge >= 0.3 is 0 Å². The fourth-order valence-electron chi connectivity index (χ4n) is 1.27. The summed E-state index contributed by atoms with van der Waals surface area (Å²) in [7, 11) is 1.51. The van der Waals surface area contributed by atoms with Crippen LogP contribution in [0.5, 0.6) is 5.75 Å². The van der Waals surface area contributed by atoms with Crippen LogP contribution in [0.25, 0.3) is 0 Å². The second-order valence-electron chi connectivity index (χ2n) is 3.14. The summed E-state index contributed by atoms with van der Waals surface area (Å²) in [4.78, 5) is 11.6. The molecule has 0 fully saturated rings. The third-order valence-corrected chi connectivity index (χ3v) is 2.37. The molecular formula is C11H11ClN2O2. The highest BCUT2D eigenvalue weighted by atomic mass is 35.5. The van der Waals surface area contributed by atoms with Gasteiger partial charge in [0.15, 0.2) is 0 Å². The third-order valence-electron chi connectivity index (χ3n) is 2.07. The van der Waals surface area contributed by atoms with Crippen LogP contribution in [-0.4, -0.2) is 19.6 Å². The maximum atomic E-state index is 11.6. The topological polar surface area (TPSA) is 62.1 Å². The van der Waals surface area contributed by atoms with E-state index in [2.05, 4.69) is 5.32 Å². The van der Waals surface area contributed by atoms with Gasteiger partial charge in [-0.05, 0) is 24.6 Å². The van der Waals surface area contributed by atoms with E-state index in [1.807, 2.05) is 6.07 Å². The molecule has 4 nitrogen and oxygen atoms in total. The number of nitrogens with zero attached hydrogens (tertiary/aromatic N) is 1. The van der Waals surface area contributed by atoms with Crippen molar-refractivity contribution in [3.8, 4) is 11.8 Å². The van der Waals surface area contributed by atoms with E-state index in [0.29, 0.717) is 16.3 Å². The van der Waals surface area contributed by atoms with Gasteiger partial charge in [0, 0.05) is 5.56 Å². The Morgan fingerprint density at radius 3 is 2.88 bits per heavy atom. The van der Waals surface area contributed by atoms with Crippen molar-refractivity contribution in [1.29, 1.82) is 5.26 Å². The van der Waals surface area contributed by atoms with Gasteiger partial charge in [-0.25, -0.2) is 0 Å². The minimum Gasteiger partial charge on any atom is -0.495 e. The molecule has 0 unspecified atom stereocenters. The molecule has 16 heavy (non-hydrogen) atoms. The molecule has 0 bridgehead atoms. The number of benzene rings is 1. The summed E-state index contributed by atoms with van der Waals surface area (Å²) in [6.45, 7) is 1.75. The van der Waals surface area contributed by atoms with Crippen molar-refractivity contribution in [2.45, 2.75) is 6.92 Å². The van der Waals surface area contributed by atoms with Crippen LogP contribution < -0.4 is 10.1 Å². The molecule has 0 aromatic heterocycles. The van der Waals surface area contributed by atoms with Crippen molar-refractivity contribution in [2.75, 3.05) is 13.7 Å². The van der Waals surface area contributed by atoms with Gasteiger partial charge in [-0.2, -0.15) is 5.26 Å². The maximum Gasteiger partial charge on any atom is 0.252 e. The van der Waals surface area contributed by atoms with Crippen LogP contribution in [0.15, 0.2) is 12.1 Å². The van der Waals surface area contributed by atoms with Gasteiger partial charge in [-0.1, -0.05) is 11.6 Å². The van der Waals surface area contributed by atoms with Gasteiger partial charge in [0.1, 0.15) is 12.3 Å². The molecule has 0 aliphatic carbocycles. The Kier molecular flexibility index (Phi) is 4.15. The first-order chi connectivity index (χ1) is 7.60. The third kappa shape index (κ3) is 2.65. The van der Waals surface area contributed by atoms with Gasteiger partial charge in [-0.3, -0.25) is 4.79 Å². The van der Waals surface area contributed by atoms with Crippen LogP contribution >= 0.6 is 11.6 Å². The van der Waals surface area contributed by atoms with Gasteiger partial charge < -0.3 is 10.1 Å². The van der Waals surface area contributed by atoms with Crippen molar-refractivity contribution in [2.24, 2.45) is 0 Å². The normalized spacial score (nSPS) is 9.38. The predicted octanol–water partition coefficient (Wildman–Crippen LogP) is 1.91. The lowest BCUT2D eigenvalue weighted by atomic mass is 10.1. The Labute approximate surface area is 98.8 Å². The van der Waals surface area contributed by atoms with E-state index < -0.39 is 0 Å². The number of carbonyl (C=O) groups is 1. The maximum absolute atomic E-state index is 11.6. The zero-order valence-electron chi connectivity index (χ0n) is 9.00. The van der Waals surface area contributed by atoms with Crippen molar-refractivity contribution >= 4 is 17.5 Å². The summed E-state index contributed by atoms with van der Waals surface area (Å²) in [5.74, 6) is 0.208. The van der Waals surface area contributed by atoms with Gasteiger partial charge in [0.2, 0.25) is 0 Å². The second-order valence-corrected chi connectivity index (χ2v) is 3.55. The van der Waals surface area contributed by atoms with Crippen molar-refractivity contribution in [3.63, 3.8) is 0 Å². The number of methoxy groups -OCH3 is 1. The monoisotopic (exact) mass is 238 g/mol. The van der Waals surface area contributed by atoms with Gasteiger partial charge in [0.05, 0.1) is 18.2 Å². The number of carbonyl (C=O) groups excluding carboxylic acids is 1. The van der Waals surface area contributed by atoms with Crippen LogP contribution in [0.4, 0.5) is 0 Å². The highest BCUT2D eigenvalue weighted by Crippen LogP contribution is 2.27. The molecule has 0 aliphatic rings. The van der Waals surface area contributed by atoms with Crippen LogP contribution in [0.2, 0.25) is 5.02 Å². The lowest BCUT2D eigenvalue weighted by Gasteiger charge is -2.09. The molecule has 0 heterocycles. The zero-order chi connectivity index (χ0) is 12.1. The molecule has 0 saturated carbocycles. The molecule has 0 saturated heterocycles. The number of amides is 1. The van der Waals surface area contributed by atoms with Crippen molar-refractivity contribution < 1.29 is 9.53 Å². The van der Waals surface area contributed by atoms with Crippen LogP contribution in [0.1, 0.15) is 15.9 Å². The van der Waals surface area contributed by atoms with Crippen LogP contribution in [0, 0.1) is 18.3 Å². The lowest BCUT2D eigenvalue weighted by Crippen LogP contribution is -2.24. The number of nitriles is 1. The Bertz CT molecular complexity index is 452. The first-order valence-electron chi connectivity index (χ1n) is 4.59. The van der Waals surface area contributed by atoms with Crippen molar-refractivity contribution in [3.05, 3.63) is 28.3 Å². The Balaban J connectivity index is 3.02. The summed E-state index contributed by atoms with van der Waals surface area (Å²) in [5.41, 5.74) is 1.19. The van der Waals surface area contributed by atoms with E-state index in [1.165, 1.54) is 13.2 Å². The van der Waals surface area contributed by atoms with E-state index >= 15 is 0 Å². The fourth-order valence-corrected chi connectivity index (χ4v) is 1.51. The average Bonchev–Trinajstić information content (AvgIpc) is 2.28. The summed E-state index contributed by atoms with van der Waals surface area (Å²) in [5, 5.41) is 11.2. The molecular weight excluding hydrogens is 228 g/mol. The summed E-state index contributed by atoms with van der Waals surface area (Å²) >= 11 is 5.91. The quantitative estimate of drug-likeness (QED) is 0.819. The molecule has 1 aromatic rings. The highest BCUT2D eigenvalue weighted by molar-refractivity contribution is 6.32. The molecule has 1 rings (SSSR count). The van der Waals surface area contributed by atoms with Crippen molar-refractivity contribution in [1.82, 2.24) is 5.32 Å². The number of hydrogen-bond acceptors (Lipinski definition) is 3. The first kappa shape index (κ1) is 12.3. The average molecular weight is 239 g/mol. The number of aryl methyl sites for hydroxylation is 1. The molecule has 0 aliphatic heterocycles. The number of ether oxygens (including phenoxy) is 1. The minimum atomic E-state index is -0.316. The van der Waals surface area contributed by atoms with Gasteiger partial charge in [-0.15, -0.1) is 0 Å². The Hall–Kier alpha value is -1.73. The molecule has 1 N–H and O–H groups in total. The van der Waals surface area contributed by atoms with E-state index in [9.17, 15) is 4.79 Å². The number of nitrogens with one attached hydrogen (secondary N) is 1. The first-order valence-corrected chi connectivity index (χ1v) is 4.97. The minimum absolute atomic E-state index is 0.0259. The largest absolute Gasteiger partial charge is 0.495 e. The molecule has 0 atom stereocenters. The Morgan fingerprint density at radius 2 is 2.31 bits per heavy atom. The van der Waals surface area contributed by atoms with E-state index in [-0.39, 0.29) is 12.5 Å². The standard InChI is InChI=1S/C11H11ClN2O2/c1-7-5-10(16-2)9(12)6-8(7)11(15)14-4-3-13/h5-6H,4H2,1-2H3,(H,14,15). The smallest absolute Gasteiger partial charge is 0.252 e. The lowest BCUT2D eigenvalue weighted by molar-refractivity contribution is 0.0958. The Morgan fingerprint density at radius 1 is 1.62 bits per heavy atom. The molecule has 0 radical (unpaired) electrons. The molecule has 0 spiro atoms. The zero-order valence-corrected chi connectivity index (χ0v) is 9.76. The fraction of sp³-hybridized carbons (Fsp3) is 0.273. The number of rotatable bonds is 3. The highest BCUT2D eigenvalue weighted by Gasteiger charge is 2.12. The summed E-state index contributed by atoms with van der Waals surface area (Å²) < 4.78 is 5.03. The summed E-state index contributed by atoms with van der Waals surface area (Å²) in [6, 6.07) is 5.05. The molecule has 1 aromatic carbocycles. The molecule has 1 amide bonds. The van der Waals surface area contributed by atoms with E-state index in [0.717, 1.165) is 5.56 Å². The van der Waals surface area contributed by atoms with Crippen LogP contribution in [-0.2, 0) is 0 Å². The van der Waals surface area contributed by atoms with Crippen LogP contribution in [0.3, 0.4) is 0 Å². The SMILES string of the molecule is COc1cc(C)c(C(=O)NCC#N)cc1Cl.